The fourth-order valence-electron chi connectivity index (χ4n) is 4.30. The Labute approximate surface area is 180 Å². The summed E-state index contributed by atoms with van der Waals surface area (Å²) in [5, 5.41) is 0. The Morgan fingerprint density at radius 2 is 1.10 bits per heavy atom. The summed E-state index contributed by atoms with van der Waals surface area (Å²) in [4.78, 5) is 13.4. The summed E-state index contributed by atoms with van der Waals surface area (Å²) in [6.07, 6.45) is 15.6. The molecular formula is C26H45O2P. The molecule has 1 rings (SSSR count). The first kappa shape index (κ1) is 26.2. The van der Waals surface area contributed by atoms with Crippen molar-refractivity contribution in [2.24, 2.45) is 0 Å². The van der Waals surface area contributed by atoms with Gasteiger partial charge in [-0.1, -0.05) is 95.8 Å². The second kappa shape index (κ2) is 14.2. The van der Waals surface area contributed by atoms with Crippen LogP contribution in [0.1, 0.15) is 118 Å². The van der Waals surface area contributed by atoms with Crippen molar-refractivity contribution in [3.8, 4) is 0 Å². The molecular weight excluding hydrogens is 375 g/mol. The molecule has 1 aromatic rings. The predicted molar refractivity (Wildman–Crippen MR) is 129 cm³/mol. The van der Waals surface area contributed by atoms with E-state index in [-0.39, 0.29) is 5.52 Å². The van der Waals surface area contributed by atoms with E-state index >= 15 is 0 Å². The van der Waals surface area contributed by atoms with E-state index in [1.54, 1.807) is 0 Å². The zero-order valence-electron chi connectivity index (χ0n) is 19.8. The Hall–Kier alpha value is -0.880. The molecule has 166 valence electrons. The number of benzene rings is 1. The van der Waals surface area contributed by atoms with Crippen LogP contribution in [0.2, 0.25) is 0 Å². The minimum atomic E-state index is -2.83. The van der Waals surface area contributed by atoms with Gasteiger partial charge in [0.15, 0.2) is 7.14 Å². The molecule has 0 aliphatic carbocycles. The summed E-state index contributed by atoms with van der Waals surface area (Å²) in [6, 6.07) is 4.09. The lowest BCUT2D eigenvalue weighted by Crippen LogP contribution is -2.11. The van der Waals surface area contributed by atoms with Crippen molar-refractivity contribution in [2.45, 2.75) is 112 Å². The molecule has 0 aromatic heterocycles. The third-order valence-electron chi connectivity index (χ3n) is 6.01. The number of unbranched alkanes of at least 4 members (excludes halogenated alkanes) is 10. The van der Waals surface area contributed by atoms with E-state index < -0.39 is 7.14 Å². The van der Waals surface area contributed by atoms with Gasteiger partial charge in [0.25, 0.3) is 0 Å². The Kier molecular flexibility index (Phi) is 12.8. The Bertz CT molecular complexity index is 640. The van der Waals surface area contributed by atoms with Crippen molar-refractivity contribution in [3.63, 3.8) is 0 Å². The smallest absolute Gasteiger partial charge is 0.221 e. The zero-order chi connectivity index (χ0) is 21.7. The third-order valence-corrected chi connectivity index (χ3v) is 9.05. The van der Waals surface area contributed by atoms with Gasteiger partial charge < -0.3 is 4.57 Å². The summed E-state index contributed by atoms with van der Waals surface area (Å²) in [7, 11) is -2.83. The number of rotatable bonds is 16. The van der Waals surface area contributed by atoms with Gasteiger partial charge in [0.05, 0.1) is 0 Å². The van der Waals surface area contributed by atoms with E-state index in [1.807, 2.05) is 26.0 Å². The van der Waals surface area contributed by atoms with Crippen LogP contribution in [0.4, 0.5) is 0 Å². The molecule has 0 saturated carbocycles. The summed E-state index contributed by atoms with van der Waals surface area (Å²) in [5.41, 5.74) is 3.79. The van der Waals surface area contributed by atoms with Crippen molar-refractivity contribution >= 4 is 12.7 Å². The number of hydrogen-bond acceptors (Lipinski definition) is 2. The monoisotopic (exact) mass is 420 g/mol. The molecule has 0 aliphatic heterocycles. The van der Waals surface area contributed by atoms with Crippen LogP contribution in [0.25, 0.3) is 0 Å². The molecule has 2 nitrogen and oxygen atoms in total. The van der Waals surface area contributed by atoms with Crippen LogP contribution in [0.3, 0.4) is 0 Å². The molecule has 29 heavy (non-hydrogen) atoms. The molecule has 0 spiro atoms. The highest BCUT2D eigenvalue weighted by Gasteiger charge is 2.33. The van der Waals surface area contributed by atoms with Gasteiger partial charge in [-0.25, -0.2) is 0 Å². The lowest BCUT2D eigenvalue weighted by atomic mass is 10.0. The van der Waals surface area contributed by atoms with Crippen LogP contribution in [0.5, 0.6) is 0 Å². The van der Waals surface area contributed by atoms with E-state index in [1.165, 1.54) is 51.4 Å². The molecule has 1 atom stereocenters. The minimum Gasteiger partial charge on any atom is -0.315 e. The van der Waals surface area contributed by atoms with E-state index in [0.717, 1.165) is 47.9 Å². The van der Waals surface area contributed by atoms with Crippen LogP contribution in [0.15, 0.2) is 12.1 Å². The molecule has 0 radical (unpaired) electrons. The molecule has 3 heteroatoms. The van der Waals surface area contributed by atoms with Gasteiger partial charge in [-0.15, -0.1) is 0 Å². The zero-order valence-corrected chi connectivity index (χ0v) is 20.7. The molecule has 0 fully saturated rings. The molecule has 0 N–H and O–H groups in total. The summed E-state index contributed by atoms with van der Waals surface area (Å²) < 4.78 is 13.7. The fraction of sp³-hybridized carbons (Fsp3) is 0.731. The maximum atomic E-state index is 13.7. The SMILES string of the molecule is CCCCCCCCCCCCP(=O)(CCCC)C(=O)c1c(C)cc(C)cc1C. The van der Waals surface area contributed by atoms with Gasteiger partial charge in [0.1, 0.15) is 0 Å². The van der Waals surface area contributed by atoms with E-state index in [4.69, 9.17) is 0 Å². The Morgan fingerprint density at radius 1 is 0.690 bits per heavy atom. The van der Waals surface area contributed by atoms with Gasteiger partial charge in [0.2, 0.25) is 5.52 Å². The molecule has 0 saturated heterocycles. The first-order valence-corrected chi connectivity index (χ1v) is 14.1. The maximum absolute atomic E-state index is 13.7. The average Bonchev–Trinajstić information content (AvgIpc) is 2.67. The lowest BCUT2D eigenvalue weighted by Gasteiger charge is -2.20. The largest absolute Gasteiger partial charge is 0.315 e. The fourth-order valence-corrected chi connectivity index (χ4v) is 7.26. The highest BCUT2D eigenvalue weighted by Crippen LogP contribution is 2.51. The number of carbonyl (C=O) groups excluding carboxylic acids is 1. The van der Waals surface area contributed by atoms with Crippen molar-refractivity contribution in [1.29, 1.82) is 0 Å². The molecule has 0 amide bonds. The molecule has 0 bridgehead atoms. The van der Waals surface area contributed by atoms with Crippen LogP contribution >= 0.6 is 7.14 Å². The van der Waals surface area contributed by atoms with Crippen LogP contribution in [-0.4, -0.2) is 17.8 Å². The van der Waals surface area contributed by atoms with Gasteiger partial charge in [-0.05, 0) is 44.7 Å². The molecule has 1 unspecified atom stereocenters. The topological polar surface area (TPSA) is 34.1 Å². The van der Waals surface area contributed by atoms with Crippen molar-refractivity contribution in [2.75, 3.05) is 12.3 Å². The summed E-state index contributed by atoms with van der Waals surface area (Å²) >= 11 is 0. The van der Waals surface area contributed by atoms with Crippen LogP contribution in [0, 0.1) is 20.8 Å². The number of carbonyl (C=O) groups is 1. The van der Waals surface area contributed by atoms with Crippen molar-refractivity contribution < 1.29 is 9.36 Å². The average molecular weight is 421 g/mol. The molecule has 0 heterocycles. The summed E-state index contributed by atoms with van der Waals surface area (Å²) in [5.74, 6) is 0. The van der Waals surface area contributed by atoms with E-state index in [2.05, 4.69) is 20.8 Å². The van der Waals surface area contributed by atoms with Gasteiger partial charge >= 0.3 is 0 Å². The lowest BCUT2D eigenvalue weighted by molar-refractivity contribution is 0.107. The Morgan fingerprint density at radius 3 is 1.59 bits per heavy atom. The second-order valence-corrected chi connectivity index (χ2v) is 12.0. The maximum Gasteiger partial charge on any atom is 0.221 e. The number of hydrogen-bond donors (Lipinski definition) is 0. The standard InChI is InChI=1S/C26H45O2P/c1-6-8-10-11-12-13-14-15-16-17-19-29(28,18-9-7-2)26(27)25-23(4)20-22(3)21-24(25)5/h20-21H,6-19H2,1-5H3. The summed E-state index contributed by atoms with van der Waals surface area (Å²) in [6.45, 7) is 10.4. The first-order chi connectivity index (χ1) is 13.9. The van der Waals surface area contributed by atoms with Gasteiger partial charge in [-0.2, -0.15) is 0 Å². The van der Waals surface area contributed by atoms with Gasteiger partial charge in [0, 0.05) is 17.9 Å². The second-order valence-electron chi connectivity index (χ2n) is 8.95. The van der Waals surface area contributed by atoms with Crippen molar-refractivity contribution in [3.05, 3.63) is 34.4 Å². The van der Waals surface area contributed by atoms with E-state index in [0.29, 0.717) is 12.3 Å². The van der Waals surface area contributed by atoms with Gasteiger partial charge in [-0.3, -0.25) is 4.79 Å². The van der Waals surface area contributed by atoms with Crippen molar-refractivity contribution in [1.82, 2.24) is 0 Å². The number of aryl methyl sites for hydroxylation is 3. The third kappa shape index (κ3) is 9.20. The predicted octanol–water partition coefficient (Wildman–Crippen LogP) is 8.84. The van der Waals surface area contributed by atoms with Crippen LogP contribution in [-0.2, 0) is 4.57 Å². The first-order valence-electron chi connectivity index (χ1n) is 12.1. The van der Waals surface area contributed by atoms with Crippen LogP contribution < -0.4 is 0 Å². The highest BCUT2D eigenvalue weighted by atomic mass is 31.2. The normalized spacial score (nSPS) is 13.4. The quantitative estimate of drug-likeness (QED) is 0.198. The van der Waals surface area contributed by atoms with E-state index in [9.17, 15) is 9.36 Å². The molecule has 0 aliphatic rings. The Balaban J connectivity index is 2.58. The highest BCUT2D eigenvalue weighted by molar-refractivity contribution is 7.81. The molecule has 1 aromatic carbocycles. The minimum absolute atomic E-state index is 0.0584.